The van der Waals surface area contributed by atoms with E-state index < -0.39 is 0 Å². The quantitative estimate of drug-likeness (QED) is 0.833. The van der Waals surface area contributed by atoms with Crippen molar-refractivity contribution in [3.63, 3.8) is 0 Å². The lowest BCUT2D eigenvalue weighted by atomic mass is 10.3. The van der Waals surface area contributed by atoms with E-state index in [0.29, 0.717) is 16.0 Å². The van der Waals surface area contributed by atoms with Gasteiger partial charge in [0.2, 0.25) is 0 Å². The van der Waals surface area contributed by atoms with Gasteiger partial charge in [0.25, 0.3) is 0 Å². The van der Waals surface area contributed by atoms with Crippen LogP contribution in [0.5, 0.6) is 0 Å². The number of hydrogen-bond acceptors (Lipinski definition) is 2. The second-order valence-corrected chi connectivity index (χ2v) is 5.28. The molecule has 17 heavy (non-hydrogen) atoms. The van der Waals surface area contributed by atoms with Gasteiger partial charge in [-0.15, -0.1) is 0 Å². The van der Waals surface area contributed by atoms with E-state index in [1.54, 1.807) is 18.2 Å². The summed E-state index contributed by atoms with van der Waals surface area (Å²) in [5.74, 6) is 0.300. The smallest absolute Gasteiger partial charge is 0.147 e. The van der Waals surface area contributed by atoms with Crippen LogP contribution in [0.15, 0.2) is 39.3 Å². The van der Waals surface area contributed by atoms with Crippen molar-refractivity contribution in [2.24, 2.45) is 0 Å². The number of benzene rings is 1. The van der Waals surface area contributed by atoms with E-state index >= 15 is 0 Å². The number of rotatable bonds is 2. The number of aromatic nitrogens is 1. The molecule has 2 aromatic rings. The van der Waals surface area contributed by atoms with Crippen molar-refractivity contribution in [3.8, 4) is 0 Å². The molecule has 0 spiro atoms. The second-order valence-electron chi connectivity index (χ2n) is 3.51. The van der Waals surface area contributed by atoms with Crippen molar-refractivity contribution in [3.05, 3.63) is 50.8 Å². The Balaban J connectivity index is 2.28. The predicted molar refractivity (Wildman–Crippen MR) is 74.1 cm³/mol. The fraction of sp³-hybridized carbons (Fsp3) is 0.0833. The summed E-state index contributed by atoms with van der Waals surface area (Å²) in [6.07, 6.45) is 0. The Morgan fingerprint density at radius 3 is 2.59 bits per heavy atom. The highest BCUT2D eigenvalue weighted by Crippen LogP contribution is 2.23. The predicted octanol–water partition coefficient (Wildman–Crippen LogP) is 4.80. The van der Waals surface area contributed by atoms with Gasteiger partial charge >= 0.3 is 0 Å². The van der Waals surface area contributed by atoms with Crippen LogP contribution in [0, 0.1) is 12.7 Å². The van der Waals surface area contributed by atoms with Crippen LogP contribution in [0.2, 0.25) is 0 Å². The number of nitrogens with one attached hydrogen (secondary N) is 1. The van der Waals surface area contributed by atoms with Gasteiger partial charge in [-0.05, 0) is 53.2 Å². The van der Waals surface area contributed by atoms with Crippen molar-refractivity contribution >= 4 is 43.4 Å². The number of anilines is 2. The molecular weight excluding hydrogens is 351 g/mol. The van der Waals surface area contributed by atoms with Gasteiger partial charge in [0, 0.05) is 8.95 Å². The first-order valence-electron chi connectivity index (χ1n) is 4.91. The number of nitrogens with zero attached hydrogens (tertiary/aromatic N) is 1. The lowest BCUT2D eigenvalue weighted by molar-refractivity contribution is 0.631. The van der Waals surface area contributed by atoms with Gasteiger partial charge in [-0.2, -0.15) is 0 Å². The van der Waals surface area contributed by atoms with Crippen LogP contribution in [0.1, 0.15) is 5.69 Å². The summed E-state index contributed by atoms with van der Waals surface area (Å²) in [5.41, 5.74) is 1.26. The second kappa shape index (κ2) is 5.14. The Hall–Kier alpha value is -0.940. The third kappa shape index (κ3) is 3.04. The van der Waals surface area contributed by atoms with Crippen molar-refractivity contribution in [2.45, 2.75) is 6.92 Å². The van der Waals surface area contributed by atoms with Crippen LogP contribution in [0.3, 0.4) is 0 Å². The van der Waals surface area contributed by atoms with E-state index in [1.165, 1.54) is 6.07 Å². The number of hydrogen-bond donors (Lipinski definition) is 1. The summed E-state index contributed by atoms with van der Waals surface area (Å²) >= 11 is 6.58. The van der Waals surface area contributed by atoms with Crippen molar-refractivity contribution in [1.29, 1.82) is 0 Å². The van der Waals surface area contributed by atoms with Crippen LogP contribution < -0.4 is 5.32 Å². The molecule has 0 unspecified atom stereocenters. The molecule has 0 aliphatic carbocycles. The first-order chi connectivity index (χ1) is 8.06. The van der Waals surface area contributed by atoms with Gasteiger partial charge in [-0.25, -0.2) is 9.37 Å². The highest BCUT2D eigenvalue weighted by molar-refractivity contribution is 9.10. The van der Waals surface area contributed by atoms with Gasteiger partial charge in [-0.3, -0.25) is 0 Å². The Bertz CT molecular complexity index is 558. The minimum absolute atomic E-state index is 0.318. The Morgan fingerprint density at radius 1 is 1.18 bits per heavy atom. The minimum Gasteiger partial charge on any atom is -0.338 e. The zero-order chi connectivity index (χ0) is 12.4. The van der Waals surface area contributed by atoms with Gasteiger partial charge in [0.15, 0.2) is 0 Å². The molecule has 2 nitrogen and oxygen atoms in total. The van der Waals surface area contributed by atoms with Crippen LogP contribution in [-0.2, 0) is 0 Å². The molecule has 0 bridgehead atoms. The molecule has 0 saturated carbocycles. The molecule has 0 radical (unpaired) electrons. The number of halogens is 3. The van der Waals surface area contributed by atoms with Crippen LogP contribution >= 0.6 is 31.9 Å². The van der Waals surface area contributed by atoms with E-state index in [2.05, 4.69) is 42.2 Å². The van der Waals surface area contributed by atoms with Crippen LogP contribution in [0.25, 0.3) is 0 Å². The molecule has 1 aromatic carbocycles. The molecule has 0 atom stereocenters. The average Bonchev–Trinajstić information content (AvgIpc) is 2.27. The summed E-state index contributed by atoms with van der Waals surface area (Å²) in [6.45, 7) is 1.88. The highest BCUT2D eigenvalue weighted by Gasteiger charge is 2.04. The highest BCUT2D eigenvalue weighted by atomic mass is 79.9. The van der Waals surface area contributed by atoms with E-state index in [9.17, 15) is 4.39 Å². The van der Waals surface area contributed by atoms with E-state index in [1.807, 2.05) is 13.0 Å². The molecule has 0 fully saturated rings. The molecule has 5 heteroatoms. The molecule has 0 amide bonds. The van der Waals surface area contributed by atoms with E-state index in [0.717, 1.165) is 10.2 Å². The number of aryl methyl sites for hydroxylation is 1. The first kappa shape index (κ1) is 12.5. The van der Waals surface area contributed by atoms with Gasteiger partial charge in [0.1, 0.15) is 11.6 Å². The summed E-state index contributed by atoms with van der Waals surface area (Å²) in [7, 11) is 0. The van der Waals surface area contributed by atoms with Crippen molar-refractivity contribution in [1.82, 2.24) is 4.98 Å². The fourth-order valence-corrected chi connectivity index (χ4v) is 1.90. The van der Waals surface area contributed by atoms with Crippen LogP contribution in [0.4, 0.5) is 15.9 Å². The van der Waals surface area contributed by atoms with Gasteiger partial charge < -0.3 is 5.32 Å². The average molecular weight is 360 g/mol. The molecule has 1 N–H and O–H groups in total. The Labute approximate surface area is 116 Å². The maximum absolute atomic E-state index is 13.6. The van der Waals surface area contributed by atoms with E-state index in [4.69, 9.17) is 0 Å². The topological polar surface area (TPSA) is 24.9 Å². The molecule has 2 rings (SSSR count). The molecule has 88 valence electrons. The SMILES string of the molecule is Cc1nc(Nc2ccc(Br)cc2F)ccc1Br. The van der Waals surface area contributed by atoms with Crippen molar-refractivity contribution < 1.29 is 4.39 Å². The summed E-state index contributed by atoms with van der Waals surface area (Å²) in [6, 6.07) is 8.52. The standard InChI is InChI=1S/C12H9Br2FN2/c1-7-9(14)3-5-12(16-7)17-11-4-2-8(13)6-10(11)15/h2-6H,1H3,(H,16,17). The minimum atomic E-state index is -0.318. The zero-order valence-corrected chi connectivity index (χ0v) is 12.1. The molecular formula is C12H9Br2FN2. The van der Waals surface area contributed by atoms with Crippen LogP contribution in [-0.4, -0.2) is 4.98 Å². The number of pyridine rings is 1. The molecule has 0 saturated heterocycles. The normalized spacial score (nSPS) is 10.4. The lowest BCUT2D eigenvalue weighted by Crippen LogP contribution is -1.97. The lowest BCUT2D eigenvalue weighted by Gasteiger charge is -2.08. The van der Waals surface area contributed by atoms with Gasteiger partial charge in [0.05, 0.1) is 11.4 Å². The molecule has 0 aliphatic rings. The summed E-state index contributed by atoms with van der Waals surface area (Å²) in [5, 5.41) is 2.94. The third-order valence-electron chi connectivity index (χ3n) is 2.22. The van der Waals surface area contributed by atoms with Gasteiger partial charge in [-0.1, -0.05) is 15.9 Å². The maximum atomic E-state index is 13.6. The molecule has 0 aliphatic heterocycles. The maximum Gasteiger partial charge on any atom is 0.147 e. The molecule has 1 heterocycles. The van der Waals surface area contributed by atoms with Crippen molar-refractivity contribution in [2.75, 3.05) is 5.32 Å². The summed E-state index contributed by atoms with van der Waals surface area (Å²) in [4.78, 5) is 4.30. The largest absolute Gasteiger partial charge is 0.338 e. The fourth-order valence-electron chi connectivity index (χ4n) is 1.34. The molecule has 1 aromatic heterocycles. The Morgan fingerprint density at radius 2 is 1.94 bits per heavy atom. The Kier molecular flexibility index (Phi) is 3.79. The first-order valence-corrected chi connectivity index (χ1v) is 6.50. The zero-order valence-electron chi connectivity index (χ0n) is 8.97. The summed E-state index contributed by atoms with van der Waals surface area (Å²) < 4.78 is 15.2. The third-order valence-corrected chi connectivity index (χ3v) is 3.55. The van der Waals surface area contributed by atoms with E-state index in [-0.39, 0.29) is 5.82 Å². The monoisotopic (exact) mass is 358 g/mol.